The molecule has 2 aliphatic rings. The van der Waals surface area contributed by atoms with E-state index in [4.69, 9.17) is 4.74 Å². The number of halogens is 2. The summed E-state index contributed by atoms with van der Waals surface area (Å²) in [5, 5.41) is 19.1. The first kappa shape index (κ1) is 23.4. The van der Waals surface area contributed by atoms with Crippen LogP contribution in [0.1, 0.15) is 39.5 Å². The molecule has 2 saturated carbocycles. The SMILES string of the molecule is COc1cc(-c2ccc(-c3ncc(N(C)[C@H]4C[C@]5(C)CC[C@@](C)(C5)[C@H]4F)nn3)c(O)c2)cnc1F. The van der Waals surface area contributed by atoms with Crippen LogP contribution in [-0.2, 0) is 0 Å². The number of aromatic hydroxyl groups is 1. The first-order valence-corrected chi connectivity index (χ1v) is 11.7. The van der Waals surface area contributed by atoms with Gasteiger partial charge in [0, 0.05) is 24.2 Å². The average Bonchev–Trinajstić information content (AvgIpc) is 3.13. The fourth-order valence-corrected chi connectivity index (χ4v) is 5.91. The van der Waals surface area contributed by atoms with Gasteiger partial charge in [0.25, 0.3) is 5.95 Å². The van der Waals surface area contributed by atoms with Gasteiger partial charge in [0.1, 0.15) is 11.9 Å². The number of phenols is 1. The van der Waals surface area contributed by atoms with Crippen LogP contribution in [-0.4, -0.2) is 51.6 Å². The minimum atomic E-state index is -0.944. The minimum Gasteiger partial charge on any atom is -0.507 e. The molecule has 0 unspecified atom stereocenters. The molecule has 3 aromatic rings. The lowest BCUT2D eigenvalue weighted by atomic mass is 9.67. The smallest absolute Gasteiger partial charge is 0.255 e. The summed E-state index contributed by atoms with van der Waals surface area (Å²) in [5.41, 5.74) is 1.46. The molecule has 0 saturated heterocycles. The zero-order chi connectivity index (χ0) is 25.0. The molecule has 0 aliphatic heterocycles. The van der Waals surface area contributed by atoms with Crippen LogP contribution in [0.5, 0.6) is 11.5 Å². The van der Waals surface area contributed by atoms with Crippen LogP contribution in [0.4, 0.5) is 14.6 Å². The molecule has 2 aliphatic carbocycles. The highest BCUT2D eigenvalue weighted by atomic mass is 19.1. The summed E-state index contributed by atoms with van der Waals surface area (Å²) < 4.78 is 34.1. The second kappa shape index (κ2) is 8.39. The third kappa shape index (κ3) is 4.06. The van der Waals surface area contributed by atoms with Crippen LogP contribution < -0.4 is 9.64 Å². The molecule has 0 spiro atoms. The van der Waals surface area contributed by atoms with Crippen molar-refractivity contribution < 1.29 is 18.6 Å². The summed E-state index contributed by atoms with van der Waals surface area (Å²) in [6.07, 6.45) is 5.64. The maximum absolute atomic E-state index is 15.5. The predicted molar refractivity (Wildman–Crippen MR) is 128 cm³/mol. The lowest BCUT2D eigenvalue weighted by Crippen LogP contribution is -2.52. The summed E-state index contributed by atoms with van der Waals surface area (Å²) in [6.45, 7) is 4.31. The van der Waals surface area contributed by atoms with Crippen molar-refractivity contribution in [3.63, 3.8) is 0 Å². The van der Waals surface area contributed by atoms with Crippen molar-refractivity contribution >= 4 is 5.82 Å². The Morgan fingerprint density at radius 2 is 1.89 bits per heavy atom. The molecule has 5 rings (SSSR count). The van der Waals surface area contributed by atoms with Crippen molar-refractivity contribution in [1.82, 2.24) is 20.2 Å². The molecule has 9 heteroatoms. The summed E-state index contributed by atoms with van der Waals surface area (Å²) in [7, 11) is 3.21. The molecule has 1 N–H and O–H groups in total. The second-order valence-electron chi connectivity index (χ2n) is 10.5. The van der Waals surface area contributed by atoms with E-state index >= 15 is 4.39 Å². The Balaban J connectivity index is 1.37. The van der Waals surface area contributed by atoms with Gasteiger partial charge < -0.3 is 14.7 Å². The van der Waals surface area contributed by atoms with E-state index in [1.807, 2.05) is 11.9 Å². The fraction of sp³-hybridized carbons (Fsp3) is 0.462. The maximum Gasteiger partial charge on any atom is 0.255 e. The third-order valence-corrected chi connectivity index (χ3v) is 7.84. The number of anilines is 1. The Labute approximate surface area is 203 Å². The maximum atomic E-state index is 15.5. The predicted octanol–water partition coefficient (Wildman–Crippen LogP) is 5.20. The van der Waals surface area contributed by atoms with Crippen LogP contribution in [0.25, 0.3) is 22.5 Å². The summed E-state index contributed by atoms with van der Waals surface area (Å²) in [5.74, 6) is 0.00532. The van der Waals surface area contributed by atoms with Gasteiger partial charge in [0.15, 0.2) is 17.4 Å². The Bertz CT molecular complexity index is 1260. The number of benzene rings is 1. The molecule has 7 nitrogen and oxygen atoms in total. The molecular weight excluding hydrogens is 452 g/mol. The van der Waals surface area contributed by atoms with Gasteiger partial charge in [-0.1, -0.05) is 19.9 Å². The first-order chi connectivity index (χ1) is 16.6. The molecule has 2 aromatic heterocycles. The quantitative estimate of drug-likeness (QED) is 0.502. The number of hydrogen-bond donors (Lipinski definition) is 1. The van der Waals surface area contributed by atoms with Crippen LogP contribution in [0.3, 0.4) is 0 Å². The van der Waals surface area contributed by atoms with E-state index < -0.39 is 12.1 Å². The number of pyridine rings is 1. The second-order valence-corrected chi connectivity index (χ2v) is 10.5. The van der Waals surface area contributed by atoms with Crippen LogP contribution in [0.15, 0.2) is 36.7 Å². The number of hydrogen-bond acceptors (Lipinski definition) is 7. The van der Waals surface area contributed by atoms with E-state index in [1.54, 1.807) is 18.3 Å². The van der Waals surface area contributed by atoms with Crippen molar-refractivity contribution in [2.24, 2.45) is 10.8 Å². The molecule has 2 bridgehead atoms. The molecular formula is C26H29F2N5O2. The van der Waals surface area contributed by atoms with Gasteiger partial charge in [-0.05, 0) is 54.9 Å². The van der Waals surface area contributed by atoms with Crippen LogP contribution >= 0.6 is 0 Å². The Morgan fingerprint density at radius 3 is 2.57 bits per heavy atom. The van der Waals surface area contributed by atoms with E-state index in [2.05, 4.69) is 34.0 Å². The average molecular weight is 482 g/mol. The number of aromatic nitrogens is 4. The molecule has 1 aromatic carbocycles. The van der Waals surface area contributed by atoms with Crippen molar-refractivity contribution in [3.8, 4) is 34.0 Å². The zero-order valence-corrected chi connectivity index (χ0v) is 20.3. The largest absolute Gasteiger partial charge is 0.507 e. The number of alkyl halides is 1. The fourth-order valence-electron chi connectivity index (χ4n) is 5.91. The number of nitrogens with zero attached hydrogens (tertiary/aromatic N) is 5. The van der Waals surface area contributed by atoms with Crippen LogP contribution in [0.2, 0.25) is 0 Å². The number of rotatable bonds is 5. The standard InChI is InChI=1S/C26H29F2N5O2/c1-25-7-8-26(2,14-25)22(27)18(11-25)33(3)21-13-30-24(32-31-21)17-6-5-15(9-19(17)34)16-10-20(35-4)23(28)29-12-16/h5-6,9-10,12-13,18,22,34H,7-8,11,14H2,1-4H3/t18-,22-,25-,26-/m0/s1. The van der Waals surface area contributed by atoms with Gasteiger partial charge in [-0.15, -0.1) is 10.2 Å². The van der Waals surface area contributed by atoms with E-state index in [0.717, 1.165) is 25.7 Å². The minimum absolute atomic E-state index is 0.0165. The molecule has 0 radical (unpaired) electrons. The monoisotopic (exact) mass is 481 g/mol. The number of fused-ring (bicyclic) bond motifs is 2. The summed E-state index contributed by atoms with van der Waals surface area (Å²) in [4.78, 5) is 9.94. The van der Waals surface area contributed by atoms with E-state index in [-0.39, 0.29) is 34.2 Å². The van der Waals surface area contributed by atoms with E-state index in [1.165, 1.54) is 25.4 Å². The van der Waals surface area contributed by atoms with Gasteiger partial charge in [-0.25, -0.2) is 14.4 Å². The van der Waals surface area contributed by atoms with Crippen molar-refractivity contribution in [2.45, 2.75) is 51.7 Å². The molecule has 35 heavy (non-hydrogen) atoms. The van der Waals surface area contributed by atoms with Gasteiger partial charge in [-0.2, -0.15) is 4.39 Å². The summed E-state index contributed by atoms with van der Waals surface area (Å²) in [6, 6.07) is 6.17. The number of phenolic OH excluding ortho intramolecular Hbond substituents is 1. The van der Waals surface area contributed by atoms with Gasteiger partial charge in [0.05, 0.1) is 24.9 Å². The highest BCUT2D eigenvalue weighted by Crippen LogP contribution is 2.59. The molecule has 0 amide bonds. The van der Waals surface area contributed by atoms with Gasteiger partial charge >= 0.3 is 0 Å². The van der Waals surface area contributed by atoms with Gasteiger partial charge in [-0.3, -0.25) is 0 Å². The highest BCUT2D eigenvalue weighted by Gasteiger charge is 2.56. The normalized spacial score (nSPS) is 27.6. The molecule has 4 atom stereocenters. The number of ether oxygens (including phenoxy) is 1. The lowest BCUT2D eigenvalue weighted by molar-refractivity contribution is 0.0380. The lowest BCUT2D eigenvalue weighted by Gasteiger charge is -2.46. The third-order valence-electron chi connectivity index (χ3n) is 7.84. The molecule has 2 fully saturated rings. The zero-order valence-electron chi connectivity index (χ0n) is 20.3. The Morgan fingerprint density at radius 1 is 1.09 bits per heavy atom. The highest BCUT2D eigenvalue weighted by molar-refractivity contribution is 5.73. The number of methoxy groups -OCH3 is 1. The molecule has 184 valence electrons. The Hall–Kier alpha value is -3.36. The van der Waals surface area contributed by atoms with Crippen molar-refractivity contribution in [1.29, 1.82) is 0 Å². The first-order valence-electron chi connectivity index (χ1n) is 11.7. The van der Waals surface area contributed by atoms with Crippen molar-refractivity contribution in [3.05, 3.63) is 42.6 Å². The summed E-state index contributed by atoms with van der Waals surface area (Å²) >= 11 is 0. The van der Waals surface area contributed by atoms with Crippen molar-refractivity contribution in [2.75, 3.05) is 19.1 Å². The Kier molecular flexibility index (Phi) is 5.61. The van der Waals surface area contributed by atoms with Crippen LogP contribution in [0, 0.1) is 16.8 Å². The van der Waals surface area contributed by atoms with E-state index in [0.29, 0.717) is 22.5 Å². The van der Waals surface area contributed by atoms with E-state index in [9.17, 15) is 9.50 Å². The van der Waals surface area contributed by atoms with Gasteiger partial charge in [0.2, 0.25) is 0 Å². The topological polar surface area (TPSA) is 84.3 Å². The molecule has 2 heterocycles.